The maximum absolute atomic E-state index is 13.3. The molecule has 0 atom stereocenters. The van der Waals surface area contributed by atoms with E-state index in [0.717, 1.165) is 35.9 Å². The predicted molar refractivity (Wildman–Crippen MR) is 121 cm³/mol. The molecule has 1 amide bonds. The molecule has 168 valence electrons. The normalized spacial score (nSPS) is 14.2. The molecule has 32 heavy (non-hydrogen) atoms. The van der Waals surface area contributed by atoms with Gasteiger partial charge in [-0.3, -0.25) is 4.79 Å². The van der Waals surface area contributed by atoms with E-state index in [2.05, 4.69) is 25.7 Å². The number of benzene rings is 2. The van der Waals surface area contributed by atoms with Gasteiger partial charge in [-0.2, -0.15) is 4.68 Å². The van der Waals surface area contributed by atoms with E-state index in [1.807, 2.05) is 6.07 Å². The van der Waals surface area contributed by atoms with Gasteiger partial charge in [0.05, 0.1) is 16.1 Å². The van der Waals surface area contributed by atoms with Crippen LogP contribution in [0.5, 0.6) is 0 Å². The van der Waals surface area contributed by atoms with Crippen LogP contribution >= 0.6 is 0 Å². The van der Waals surface area contributed by atoms with Gasteiger partial charge in [-0.25, -0.2) is 12.7 Å². The second-order valence-corrected chi connectivity index (χ2v) is 9.95. The summed E-state index contributed by atoms with van der Waals surface area (Å²) < 4.78 is 28.0. The van der Waals surface area contributed by atoms with Crippen LogP contribution in [0.1, 0.15) is 29.0 Å². The molecule has 0 radical (unpaired) electrons. The van der Waals surface area contributed by atoms with Gasteiger partial charge in [-0.1, -0.05) is 6.07 Å². The topological polar surface area (TPSA) is 113 Å². The molecule has 1 aliphatic rings. The Balaban J connectivity index is 1.70. The Morgan fingerprint density at radius 2 is 1.84 bits per heavy atom. The summed E-state index contributed by atoms with van der Waals surface area (Å²) in [6.07, 6.45) is 2.07. The smallest absolute Gasteiger partial charge is 0.257 e. The highest BCUT2D eigenvalue weighted by molar-refractivity contribution is 7.89. The third-order valence-electron chi connectivity index (χ3n) is 5.41. The van der Waals surface area contributed by atoms with Crippen molar-refractivity contribution in [2.24, 2.45) is 0 Å². The largest absolute Gasteiger partial charge is 0.371 e. The molecule has 3 aromatic rings. The number of hydrogen-bond acceptors (Lipinski definition) is 7. The minimum atomic E-state index is -3.68. The monoisotopic (exact) mass is 455 g/mol. The number of carbonyl (C=O) groups excluding carboxylic acids is 1. The van der Waals surface area contributed by atoms with Crippen molar-refractivity contribution in [3.63, 3.8) is 0 Å². The minimum absolute atomic E-state index is 0.0775. The van der Waals surface area contributed by atoms with E-state index in [1.165, 1.54) is 20.2 Å². The van der Waals surface area contributed by atoms with Crippen LogP contribution in [0.3, 0.4) is 0 Å². The van der Waals surface area contributed by atoms with E-state index >= 15 is 0 Å². The fourth-order valence-electron chi connectivity index (χ4n) is 3.69. The van der Waals surface area contributed by atoms with E-state index in [4.69, 9.17) is 0 Å². The first-order chi connectivity index (χ1) is 15.3. The summed E-state index contributed by atoms with van der Waals surface area (Å²) >= 11 is 0. The van der Waals surface area contributed by atoms with E-state index in [0.29, 0.717) is 22.8 Å². The molecule has 0 unspecified atom stereocenters. The third kappa shape index (κ3) is 4.21. The zero-order valence-corrected chi connectivity index (χ0v) is 19.0. The Bertz CT molecular complexity index is 1250. The Hall–Kier alpha value is -3.31. The molecule has 11 heteroatoms. The second-order valence-electron chi connectivity index (χ2n) is 7.80. The quantitative estimate of drug-likeness (QED) is 0.605. The molecule has 1 aliphatic heterocycles. The molecule has 2 heterocycles. The number of rotatable bonds is 6. The van der Waals surface area contributed by atoms with Crippen molar-refractivity contribution in [1.82, 2.24) is 24.5 Å². The average Bonchev–Trinajstić information content (AvgIpc) is 3.45. The Morgan fingerprint density at radius 3 is 2.50 bits per heavy atom. The maximum atomic E-state index is 13.3. The van der Waals surface area contributed by atoms with Crippen LogP contribution in [-0.2, 0) is 10.0 Å². The van der Waals surface area contributed by atoms with Gasteiger partial charge >= 0.3 is 0 Å². The van der Waals surface area contributed by atoms with E-state index < -0.39 is 10.0 Å². The second kappa shape index (κ2) is 8.67. The lowest BCUT2D eigenvalue weighted by atomic mass is 10.1. The summed E-state index contributed by atoms with van der Waals surface area (Å²) in [5, 5.41) is 14.4. The maximum Gasteiger partial charge on any atom is 0.257 e. The van der Waals surface area contributed by atoms with Gasteiger partial charge in [-0.15, -0.1) is 5.10 Å². The highest BCUT2D eigenvalue weighted by Crippen LogP contribution is 2.29. The van der Waals surface area contributed by atoms with E-state index in [-0.39, 0.29) is 10.8 Å². The van der Waals surface area contributed by atoms with Gasteiger partial charge in [-0.05, 0) is 66.6 Å². The number of tetrazole rings is 1. The summed E-state index contributed by atoms with van der Waals surface area (Å²) in [4.78, 5) is 15.5. The zero-order valence-electron chi connectivity index (χ0n) is 18.2. The van der Waals surface area contributed by atoms with Gasteiger partial charge in [0.1, 0.15) is 0 Å². The molecular formula is C21H25N7O3S. The number of anilines is 2. The molecule has 4 rings (SSSR count). The molecule has 2 aromatic carbocycles. The van der Waals surface area contributed by atoms with Crippen LogP contribution in [0.15, 0.2) is 47.4 Å². The first kappa shape index (κ1) is 21.9. The first-order valence-corrected chi connectivity index (χ1v) is 11.7. The lowest BCUT2D eigenvalue weighted by Gasteiger charge is -2.22. The van der Waals surface area contributed by atoms with Gasteiger partial charge in [0.25, 0.3) is 5.91 Å². The molecule has 1 saturated heterocycles. The summed E-state index contributed by atoms with van der Waals surface area (Å²) in [6, 6.07) is 11.9. The van der Waals surface area contributed by atoms with Crippen molar-refractivity contribution in [2.45, 2.75) is 24.7 Å². The average molecular weight is 456 g/mol. The van der Waals surface area contributed by atoms with Crippen LogP contribution in [0.2, 0.25) is 0 Å². The van der Waals surface area contributed by atoms with Crippen LogP contribution in [0.25, 0.3) is 5.69 Å². The number of sulfonamides is 1. The Morgan fingerprint density at radius 1 is 1.09 bits per heavy atom. The van der Waals surface area contributed by atoms with Crippen molar-refractivity contribution in [3.8, 4) is 5.69 Å². The molecule has 1 fully saturated rings. The number of nitrogens with zero attached hydrogens (tertiary/aromatic N) is 6. The number of carbonyl (C=O) groups is 1. The van der Waals surface area contributed by atoms with Gasteiger partial charge in [0.15, 0.2) is 5.82 Å². The van der Waals surface area contributed by atoms with Crippen LogP contribution in [0, 0.1) is 6.92 Å². The first-order valence-electron chi connectivity index (χ1n) is 10.3. The number of amides is 1. The SMILES string of the molecule is Cc1nnnn1-c1cccc(NC(=O)c2cc(S(=O)(=O)N(C)C)ccc2N2CCCC2)c1. The molecular weight excluding hydrogens is 430 g/mol. The van der Waals surface area contributed by atoms with Crippen LogP contribution < -0.4 is 10.2 Å². The third-order valence-corrected chi connectivity index (χ3v) is 7.22. The summed E-state index contributed by atoms with van der Waals surface area (Å²) in [5.74, 6) is 0.236. The predicted octanol–water partition coefficient (Wildman–Crippen LogP) is 2.07. The molecule has 1 N–H and O–H groups in total. The number of hydrogen-bond donors (Lipinski definition) is 1. The van der Waals surface area contributed by atoms with Crippen LogP contribution in [0.4, 0.5) is 11.4 Å². The van der Waals surface area contributed by atoms with E-state index in [9.17, 15) is 13.2 Å². The van der Waals surface area contributed by atoms with Crippen molar-refractivity contribution in [3.05, 3.63) is 53.9 Å². The summed E-state index contributed by atoms with van der Waals surface area (Å²) in [6.45, 7) is 3.44. The number of aromatic nitrogens is 4. The molecule has 0 bridgehead atoms. The lowest BCUT2D eigenvalue weighted by Crippen LogP contribution is -2.25. The number of nitrogens with one attached hydrogen (secondary N) is 1. The van der Waals surface area contributed by atoms with Crippen molar-refractivity contribution < 1.29 is 13.2 Å². The highest BCUT2D eigenvalue weighted by Gasteiger charge is 2.24. The van der Waals surface area contributed by atoms with Crippen molar-refractivity contribution in [2.75, 3.05) is 37.4 Å². The van der Waals surface area contributed by atoms with E-state index in [1.54, 1.807) is 41.9 Å². The standard InChI is InChI=1S/C21H25N7O3S/c1-15-23-24-25-28(15)17-8-6-7-16(13-17)22-21(29)19-14-18(32(30,31)26(2)3)9-10-20(19)27-11-4-5-12-27/h6-10,13-14H,4-5,11-12H2,1-3H3,(H,22,29). The summed E-state index contributed by atoms with van der Waals surface area (Å²) in [5.41, 5.74) is 2.30. The Labute approximate surface area is 186 Å². The minimum Gasteiger partial charge on any atom is -0.371 e. The number of aryl methyl sites for hydroxylation is 1. The molecule has 10 nitrogen and oxygen atoms in total. The lowest BCUT2D eigenvalue weighted by molar-refractivity contribution is 0.102. The fraction of sp³-hybridized carbons (Fsp3) is 0.333. The molecule has 1 aromatic heterocycles. The fourth-order valence-corrected chi connectivity index (χ4v) is 4.61. The van der Waals surface area contributed by atoms with Crippen molar-refractivity contribution in [1.29, 1.82) is 0 Å². The van der Waals surface area contributed by atoms with Gasteiger partial charge in [0.2, 0.25) is 10.0 Å². The molecule has 0 aliphatic carbocycles. The molecule has 0 spiro atoms. The Kier molecular flexibility index (Phi) is 5.94. The van der Waals surface area contributed by atoms with Gasteiger partial charge < -0.3 is 10.2 Å². The highest BCUT2D eigenvalue weighted by atomic mass is 32.2. The van der Waals surface area contributed by atoms with Gasteiger partial charge in [0, 0.05) is 38.6 Å². The molecule has 0 saturated carbocycles. The zero-order chi connectivity index (χ0) is 22.9. The summed E-state index contributed by atoms with van der Waals surface area (Å²) in [7, 11) is -0.741. The van der Waals surface area contributed by atoms with Crippen LogP contribution in [-0.4, -0.2) is 66.0 Å². The van der Waals surface area contributed by atoms with Crippen molar-refractivity contribution >= 4 is 27.3 Å².